The van der Waals surface area contributed by atoms with E-state index in [0.29, 0.717) is 0 Å². The number of fused-ring (bicyclic) bond motifs is 10. The zero-order valence-electron chi connectivity index (χ0n) is 26.2. The van der Waals surface area contributed by atoms with Gasteiger partial charge in [0.1, 0.15) is 33.7 Å². The molecule has 0 amide bonds. The number of hydrogen-bond donors (Lipinski definition) is 0. The molecule has 8 aromatic carbocycles. The van der Waals surface area contributed by atoms with Crippen molar-refractivity contribution in [2.45, 2.75) is 0 Å². The number of benzene rings is 8. The van der Waals surface area contributed by atoms with Gasteiger partial charge in [-0.25, -0.2) is 0 Å². The molecule has 0 aliphatic rings. The monoisotopic (exact) mass is 626 g/mol. The van der Waals surface area contributed by atoms with Gasteiger partial charge in [0, 0.05) is 27.1 Å². The maximum atomic E-state index is 6.69. The van der Waals surface area contributed by atoms with E-state index >= 15 is 0 Å². The second-order valence-corrected chi connectivity index (χ2v) is 12.8. The van der Waals surface area contributed by atoms with E-state index in [-0.39, 0.29) is 0 Å². The Bertz CT molecular complexity index is 3040. The van der Waals surface area contributed by atoms with Crippen molar-refractivity contribution in [3.63, 3.8) is 0 Å². The van der Waals surface area contributed by atoms with E-state index < -0.39 is 0 Å². The second-order valence-electron chi connectivity index (χ2n) is 12.8. The van der Waals surface area contributed by atoms with E-state index in [2.05, 4.69) is 121 Å². The summed E-state index contributed by atoms with van der Waals surface area (Å²) < 4.78 is 19.7. The Labute approximate surface area is 280 Å². The van der Waals surface area contributed by atoms with Gasteiger partial charge in [-0.2, -0.15) is 0 Å². The summed E-state index contributed by atoms with van der Waals surface area (Å²) in [4.78, 5) is 0. The summed E-state index contributed by atoms with van der Waals surface area (Å²) in [5, 5.41) is 10.1. The molecule has 3 heteroatoms. The first-order valence-corrected chi connectivity index (χ1v) is 16.6. The van der Waals surface area contributed by atoms with Crippen molar-refractivity contribution in [2.24, 2.45) is 0 Å². The van der Waals surface area contributed by atoms with Crippen LogP contribution in [-0.4, -0.2) is 0 Å². The third-order valence-corrected chi connectivity index (χ3v) is 10.1. The Morgan fingerprint density at radius 2 is 0.857 bits per heavy atom. The van der Waals surface area contributed by atoms with Crippen molar-refractivity contribution in [2.75, 3.05) is 0 Å². The Morgan fingerprint density at radius 3 is 1.57 bits per heavy atom. The molecular formula is C46H26O3. The summed E-state index contributed by atoms with van der Waals surface area (Å²) in [5.41, 5.74) is 9.89. The molecule has 0 aliphatic heterocycles. The smallest absolute Gasteiger partial charge is 0.147 e. The summed E-state index contributed by atoms with van der Waals surface area (Å²) in [7, 11) is 0. The highest BCUT2D eigenvalue weighted by Crippen LogP contribution is 2.49. The van der Waals surface area contributed by atoms with Gasteiger partial charge in [0.2, 0.25) is 0 Å². The first kappa shape index (κ1) is 26.5. The van der Waals surface area contributed by atoms with Crippen LogP contribution in [0.25, 0.3) is 110 Å². The van der Waals surface area contributed by atoms with E-state index in [4.69, 9.17) is 13.3 Å². The van der Waals surface area contributed by atoms with Gasteiger partial charge in [0.15, 0.2) is 0 Å². The van der Waals surface area contributed by atoms with Crippen LogP contribution in [0.3, 0.4) is 0 Å². The third kappa shape index (κ3) is 3.78. The van der Waals surface area contributed by atoms with Gasteiger partial charge in [-0.15, -0.1) is 0 Å². The molecule has 11 aromatic rings. The molecule has 49 heavy (non-hydrogen) atoms. The lowest BCUT2D eigenvalue weighted by molar-refractivity contribution is 0.631. The lowest BCUT2D eigenvalue weighted by atomic mass is 9.84. The van der Waals surface area contributed by atoms with Gasteiger partial charge in [0.25, 0.3) is 0 Å². The molecule has 3 aromatic heterocycles. The Balaban J connectivity index is 1.26. The average Bonchev–Trinajstić information content (AvgIpc) is 3.87. The molecule has 0 radical (unpaired) electrons. The molecule has 0 fully saturated rings. The standard InChI is InChI=1S/C46H26O3/c1-2-12-27(13-3-1)40-25-36-42(48-40)26-37(45-35-19-9-11-21-39(35)49-46(36)45)44-33-17-6-4-15-31(33)43(32-16-5-7-18-34(32)44)28-22-23-30-29-14-8-10-20-38(29)47-41(30)24-28/h1-26H. The van der Waals surface area contributed by atoms with Crippen molar-refractivity contribution in [3.05, 3.63) is 158 Å². The van der Waals surface area contributed by atoms with Crippen LogP contribution in [-0.2, 0) is 0 Å². The van der Waals surface area contributed by atoms with Crippen LogP contribution in [0.2, 0.25) is 0 Å². The minimum atomic E-state index is 0.799. The van der Waals surface area contributed by atoms with Gasteiger partial charge in [-0.05, 0) is 80.2 Å². The molecule has 0 unspecified atom stereocenters. The quantitative estimate of drug-likeness (QED) is 0.183. The maximum Gasteiger partial charge on any atom is 0.147 e. The minimum absolute atomic E-state index is 0.799. The van der Waals surface area contributed by atoms with Crippen LogP contribution in [0, 0.1) is 0 Å². The van der Waals surface area contributed by atoms with Crippen molar-refractivity contribution < 1.29 is 13.3 Å². The van der Waals surface area contributed by atoms with E-state index in [1.165, 1.54) is 27.1 Å². The highest BCUT2D eigenvalue weighted by molar-refractivity contribution is 6.28. The van der Waals surface area contributed by atoms with Crippen molar-refractivity contribution >= 4 is 76.4 Å². The normalized spacial score (nSPS) is 12.1. The van der Waals surface area contributed by atoms with Gasteiger partial charge >= 0.3 is 0 Å². The van der Waals surface area contributed by atoms with Crippen LogP contribution < -0.4 is 0 Å². The molecule has 0 aliphatic carbocycles. The predicted octanol–water partition coefficient (Wildman–Crippen LogP) is 13.5. The zero-order valence-corrected chi connectivity index (χ0v) is 26.2. The van der Waals surface area contributed by atoms with Crippen molar-refractivity contribution in [1.82, 2.24) is 0 Å². The van der Waals surface area contributed by atoms with E-state index in [1.807, 2.05) is 36.4 Å². The summed E-state index contributed by atoms with van der Waals surface area (Å²) >= 11 is 0. The highest BCUT2D eigenvalue weighted by Gasteiger charge is 2.24. The van der Waals surface area contributed by atoms with Gasteiger partial charge in [-0.1, -0.05) is 121 Å². The summed E-state index contributed by atoms with van der Waals surface area (Å²) in [6.45, 7) is 0. The number of rotatable bonds is 3. The Morgan fingerprint density at radius 1 is 0.306 bits per heavy atom. The average molecular weight is 627 g/mol. The van der Waals surface area contributed by atoms with Crippen molar-refractivity contribution in [1.29, 1.82) is 0 Å². The summed E-state index contributed by atoms with van der Waals surface area (Å²) in [6, 6.07) is 55.3. The summed E-state index contributed by atoms with van der Waals surface area (Å²) in [5.74, 6) is 0.820. The van der Waals surface area contributed by atoms with Crippen LogP contribution in [0.15, 0.2) is 171 Å². The fourth-order valence-corrected chi connectivity index (χ4v) is 7.95. The molecule has 0 saturated carbocycles. The fraction of sp³-hybridized carbons (Fsp3) is 0. The van der Waals surface area contributed by atoms with Crippen LogP contribution >= 0.6 is 0 Å². The lowest BCUT2D eigenvalue weighted by Gasteiger charge is -2.18. The van der Waals surface area contributed by atoms with E-state index in [0.717, 1.165) is 82.9 Å². The molecule has 3 nitrogen and oxygen atoms in total. The lowest BCUT2D eigenvalue weighted by Crippen LogP contribution is -1.91. The third-order valence-electron chi connectivity index (χ3n) is 10.1. The van der Waals surface area contributed by atoms with Gasteiger partial charge < -0.3 is 13.3 Å². The van der Waals surface area contributed by atoms with E-state index in [9.17, 15) is 0 Å². The molecule has 0 atom stereocenters. The molecule has 3 heterocycles. The minimum Gasteiger partial charge on any atom is -0.456 e. The largest absolute Gasteiger partial charge is 0.456 e. The number of furan rings is 3. The molecule has 0 N–H and O–H groups in total. The molecule has 0 spiro atoms. The topological polar surface area (TPSA) is 39.4 Å². The maximum absolute atomic E-state index is 6.69. The molecular weight excluding hydrogens is 601 g/mol. The van der Waals surface area contributed by atoms with Gasteiger partial charge in [0.05, 0.1) is 5.39 Å². The first-order valence-electron chi connectivity index (χ1n) is 16.6. The number of para-hydroxylation sites is 2. The Hall–Kier alpha value is -6.58. The van der Waals surface area contributed by atoms with Gasteiger partial charge in [-0.3, -0.25) is 0 Å². The number of hydrogen-bond acceptors (Lipinski definition) is 3. The highest BCUT2D eigenvalue weighted by atomic mass is 16.3. The second kappa shape index (κ2) is 9.96. The molecule has 228 valence electrons. The first-order chi connectivity index (χ1) is 24.3. The van der Waals surface area contributed by atoms with Crippen LogP contribution in [0.5, 0.6) is 0 Å². The fourth-order valence-electron chi connectivity index (χ4n) is 7.95. The predicted molar refractivity (Wildman–Crippen MR) is 202 cm³/mol. The SMILES string of the molecule is c1ccc(-c2cc3c(cc(-c4c5ccccc5c(-c5ccc6c(c5)oc5ccccc56)c5ccccc45)c4c5ccccc5oc34)o2)cc1. The zero-order chi connectivity index (χ0) is 32.1. The van der Waals surface area contributed by atoms with E-state index in [1.54, 1.807) is 0 Å². The van der Waals surface area contributed by atoms with Crippen LogP contribution in [0.4, 0.5) is 0 Å². The Kier molecular flexibility index (Phi) is 5.38. The molecule has 0 bridgehead atoms. The summed E-state index contributed by atoms with van der Waals surface area (Å²) in [6.07, 6.45) is 0. The van der Waals surface area contributed by atoms with Crippen LogP contribution in [0.1, 0.15) is 0 Å². The molecule has 0 saturated heterocycles. The molecule has 11 rings (SSSR count). The van der Waals surface area contributed by atoms with Crippen molar-refractivity contribution in [3.8, 4) is 33.6 Å².